The van der Waals surface area contributed by atoms with Crippen molar-refractivity contribution in [3.63, 3.8) is 0 Å². The molecule has 1 aromatic heterocycles. The molecule has 1 saturated carbocycles. The Morgan fingerprint density at radius 2 is 1.91 bits per heavy atom. The Hall–Kier alpha value is -3.02. The molecule has 186 valence electrons. The van der Waals surface area contributed by atoms with Crippen molar-refractivity contribution in [1.82, 2.24) is 25.1 Å². The number of tetrazole rings is 1. The number of non-ortho nitro benzene ring substituents is 1. The largest absolute Gasteiger partial charge is 0.322 e. The molecule has 2 aromatic carbocycles. The van der Waals surface area contributed by atoms with Gasteiger partial charge in [-0.3, -0.25) is 14.9 Å². The number of nitro groups is 1. The number of carbonyl (C=O) groups is 1. The standard InChI is InChI=1S/C23H27N7O3S.ClH/c1-28(2)13-14-29-23(25-26-27-29)34-21-12-11-19(30(32)33)15-20(21)22(31)24-18-9-7-17(8-10-18)16-5-3-4-6-16;/h7-12,15-16H,3-6,13-14H2,1-2H3,(H,24,31);1H. The number of hydrogen-bond donors (Lipinski definition) is 1. The molecule has 1 aliphatic rings. The van der Waals surface area contributed by atoms with E-state index in [1.54, 1.807) is 10.7 Å². The highest BCUT2D eigenvalue weighted by molar-refractivity contribution is 7.99. The van der Waals surface area contributed by atoms with Crippen LogP contribution in [0.3, 0.4) is 0 Å². The van der Waals surface area contributed by atoms with E-state index in [2.05, 4.69) is 20.8 Å². The molecule has 1 heterocycles. The van der Waals surface area contributed by atoms with E-state index in [-0.39, 0.29) is 23.7 Å². The van der Waals surface area contributed by atoms with Crippen LogP contribution in [0.15, 0.2) is 52.5 Å². The van der Waals surface area contributed by atoms with Crippen LogP contribution in [0.4, 0.5) is 11.4 Å². The van der Waals surface area contributed by atoms with Crippen LogP contribution < -0.4 is 5.32 Å². The average molecular weight is 518 g/mol. The summed E-state index contributed by atoms with van der Waals surface area (Å²) in [5.41, 5.74) is 1.97. The van der Waals surface area contributed by atoms with Gasteiger partial charge in [0.1, 0.15) is 0 Å². The third-order valence-electron chi connectivity index (χ3n) is 5.87. The van der Waals surface area contributed by atoms with Crippen LogP contribution in [-0.2, 0) is 6.54 Å². The van der Waals surface area contributed by atoms with Crippen LogP contribution >= 0.6 is 24.2 Å². The van der Waals surface area contributed by atoms with Crippen molar-refractivity contribution in [3.05, 3.63) is 63.7 Å². The minimum absolute atomic E-state index is 0. The van der Waals surface area contributed by atoms with Gasteiger partial charge in [0.05, 0.1) is 17.0 Å². The van der Waals surface area contributed by atoms with Gasteiger partial charge in [0, 0.05) is 29.3 Å². The zero-order chi connectivity index (χ0) is 24.1. The average Bonchev–Trinajstić information content (AvgIpc) is 3.50. The molecule has 35 heavy (non-hydrogen) atoms. The molecule has 0 atom stereocenters. The number of nitrogens with one attached hydrogen (secondary N) is 1. The lowest BCUT2D eigenvalue weighted by Gasteiger charge is -2.13. The molecule has 0 radical (unpaired) electrons. The molecule has 0 bridgehead atoms. The number of benzene rings is 2. The highest BCUT2D eigenvalue weighted by Crippen LogP contribution is 2.35. The lowest BCUT2D eigenvalue weighted by molar-refractivity contribution is -0.384. The highest BCUT2D eigenvalue weighted by atomic mass is 35.5. The highest BCUT2D eigenvalue weighted by Gasteiger charge is 2.21. The fourth-order valence-corrected chi connectivity index (χ4v) is 4.90. The van der Waals surface area contributed by atoms with Gasteiger partial charge in [0.2, 0.25) is 5.16 Å². The van der Waals surface area contributed by atoms with E-state index in [0.717, 1.165) is 6.54 Å². The van der Waals surface area contributed by atoms with Crippen LogP contribution in [-0.4, -0.2) is 56.6 Å². The summed E-state index contributed by atoms with van der Waals surface area (Å²) in [6.07, 6.45) is 4.92. The third-order valence-corrected chi connectivity index (χ3v) is 6.92. The maximum Gasteiger partial charge on any atom is 0.270 e. The monoisotopic (exact) mass is 517 g/mol. The van der Waals surface area contributed by atoms with Gasteiger partial charge in [-0.05, 0) is 78.8 Å². The van der Waals surface area contributed by atoms with Gasteiger partial charge in [0.15, 0.2) is 0 Å². The summed E-state index contributed by atoms with van der Waals surface area (Å²) >= 11 is 1.20. The van der Waals surface area contributed by atoms with E-state index in [1.807, 2.05) is 43.3 Å². The Morgan fingerprint density at radius 3 is 2.57 bits per heavy atom. The molecule has 10 nitrogen and oxygen atoms in total. The summed E-state index contributed by atoms with van der Waals surface area (Å²) in [4.78, 5) is 26.6. The zero-order valence-electron chi connectivity index (χ0n) is 19.6. The minimum Gasteiger partial charge on any atom is -0.322 e. The number of amides is 1. The van der Waals surface area contributed by atoms with E-state index in [1.165, 1.54) is 55.1 Å². The van der Waals surface area contributed by atoms with E-state index >= 15 is 0 Å². The van der Waals surface area contributed by atoms with Crippen molar-refractivity contribution in [2.45, 2.75) is 48.2 Å². The van der Waals surface area contributed by atoms with Crippen molar-refractivity contribution >= 4 is 41.5 Å². The Balaban J connectivity index is 0.00000342. The zero-order valence-corrected chi connectivity index (χ0v) is 21.2. The Bertz CT molecular complexity index is 1160. The summed E-state index contributed by atoms with van der Waals surface area (Å²) in [5, 5.41) is 26.5. The number of hydrogen-bond acceptors (Lipinski definition) is 8. The van der Waals surface area contributed by atoms with Crippen LogP contribution in [0.1, 0.15) is 47.5 Å². The predicted octanol–water partition coefficient (Wildman–Crippen LogP) is 4.63. The summed E-state index contributed by atoms with van der Waals surface area (Å²) in [6.45, 7) is 1.31. The van der Waals surface area contributed by atoms with Crippen molar-refractivity contribution < 1.29 is 9.72 Å². The molecule has 0 aliphatic heterocycles. The number of anilines is 1. The van der Waals surface area contributed by atoms with Gasteiger partial charge in [-0.1, -0.05) is 25.0 Å². The molecule has 1 fully saturated rings. The Labute approximate surface area is 214 Å². The van der Waals surface area contributed by atoms with E-state index in [0.29, 0.717) is 28.2 Å². The number of nitro benzene ring substituents is 1. The van der Waals surface area contributed by atoms with Gasteiger partial charge >= 0.3 is 0 Å². The first kappa shape index (κ1) is 26.6. The number of likely N-dealkylation sites (N-methyl/N-ethyl adjacent to an activating group) is 1. The second kappa shape index (κ2) is 12.1. The van der Waals surface area contributed by atoms with E-state index in [4.69, 9.17) is 0 Å². The maximum atomic E-state index is 13.2. The first-order valence-electron chi connectivity index (χ1n) is 11.2. The molecule has 0 spiro atoms. The van der Waals surface area contributed by atoms with Crippen molar-refractivity contribution in [3.8, 4) is 0 Å². The fraction of sp³-hybridized carbons (Fsp3) is 0.391. The van der Waals surface area contributed by atoms with Crippen molar-refractivity contribution in [2.24, 2.45) is 0 Å². The summed E-state index contributed by atoms with van der Waals surface area (Å²) < 4.78 is 1.65. The van der Waals surface area contributed by atoms with Crippen LogP contribution in [0.5, 0.6) is 0 Å². The predicted molar refractivity (Wildman–Crippen MR) is 136 cm³/mol. The van der Waals surface area contributed by atoms with E-state index in [9.17, 15) is 14.9 Å². The van der Waals surface area contributed by atoms with E-state index < -0.39 is 10.8 Å². The third kappa shape index (κ3) is 6.77. The SMILES string of the molecule is CN(C)CCn1nnnc1Sc1ccc([N+](=O)[O-])cc1C(=O)Nc1ccc(C2CCCC2)cc1.Cl. The van der Waals surface area contributed by atoms with Crippen LogP contribution in [0, 0.1) is 10.1 Å². The molecular formula is C23H28ClN7O3S. The van der Waals surface area contributed by atoms with Crippen LogP contribution in [0.25, 0.3) is 0 Å². The smallest absolute Gasteiger partial charge is 0.270 e. The Kier molecular flexibility index (Phi) is 9.19. The molecule has 1 aliphatic carbocycles. The van der Waals surface area contributed by atoms with Gasteiger partial charge in [0.25, 0.3) is 11.6 Å². The molecule has 12 heteroatoms. The van der Waals surface area contributed by atoms with Crippen LogP contribution in [0.2, 0.25) is 0 Å². The second-order valence-electron chi connectivity index (χ2n) is 8.59. The molecule has 4 rings (SSSR count). The minimum atomic E-state index is -0.511. The van der Waals surface area contributed by atoms with Gasteiger partial charge in [-0.2, -0.15) is 0 Å². The number of rotatable bonds is 9. The molecule has 1 N–H and O–H groups in total. The molecule has 0 saturated heterocycles. The maximum absolute atomic E-state index is 13.2. The number of halogens is 1. The summed E-state index contributed by atoms with van der Waals surface area (Å²) in [6, 6.07) is 12.1. The molecule has 3 aromatic rings. The first-order chi connectivity index (χ1) is 16.4. The topological polar surface area (TPSA) is 119 Å². The van der Waals surface area contributed by atoms with Gasteiger partial charge in [-0.25, -0.2) is 4.68 Å². The molecule has 1 amide bonds. The molecular weight excluding hydrogens is 490 g/mol. The normalized spacial score (nSPS) is 13.6. The van der Waals surface area contributed by atoms with Gasteiger partial charge < -0.3 is 10.2 Å². The summed E-state index contributed by atoms with van der Waals surface area (Å²) in [5.74, 6) is 0.162. The number of aromatic nitrogens is 4. The number of nitrogens with zero attached hydrogens (tertiary/aromatic N) is 6. The Morgan fingerprint density at radius 1 is 1.20 bits per heavy atom. The summed E-state index contributed by atoms with van der Waals surface area (Å²) in [7, 11) is 3.91. The molecule has 0 unspecified atom stereocenters. The second-order valence-corrected chi connectivity index (χ2v) is 9.59. The van der Waals surface area contributed by atoms with Crippen molar-refractivity contribution in [1.29, 1.82) is 0 Å². The fourth-order valence-electron chi connectivity index (χ4n) is 4.00. The lowest BCUT2D eigenvalue weighted by atomic mass is 9.97. The first-order valence-corrected chi connectivity index (χ1v) is 12.0. The lowest BCUT2D eigenvalue weighted by Crippen LogP contribution is -2.19. The number of carbonyl (C=O) groups excluding carboxylic acids is 1. The van der Waals surface area contributed by atoms with Gasteiger partial charge in [-0.15, -0.1) is 17.5 Å². The quantitative estimate of drug-likeness (QED) is 0.322. The van der Waals surface area contributed by atoms with Crippen molar-refractivity contribution in [2.75, 3.05) is 26.0 Å².